The number of hydrogen-bond donors (Lipinski definition) is 9. The van der Waals surface area contributed by atoms with Gasteiger partial charge in [-0.3, -0.25) is 4.90 Å². The summed E-state index contributed by atoms with van der Waals surface area (Å²) >= 11 is 0. The van der Waals surface area contributed by atoms with Crippen molar-refractivity contribution in [1.82, 2.24) is 4.90 Å². The van der Waals surface area contributed by atoms with Crippen LogP contribution in [0.5, 0.6) is 0 Å². The average molecular weight is 868 g/mol. The van der Waals surface area contributed by atoms with E-state index in [1.165, 1.54) is 51.1 Å². The molecule has 16 heteroatoms. The zero-order valence-corrected chi connectivity index (χ0v) is 36.3. The third kappa shape index (κ3) is 7.42. The smallest absolute Gasteiger partial charge is 0.187 e. The average Bonchev–Trinajstić information content (AvgIpc) is 3.71. The first kappa shape index (κ1) is 45.3. The Morgan fingerprint density at radius 2 is 1.33 bits per heavy atom. The zero-order chi connectivity index (χ0) is 43.4. The van der Waals surface area contributed by atoms with E-state index in [4.69, 9.17) is 28.4 Å². The quantitative estimate of drug-likeness (QED) is 0.148. The van der Waals surface area contributed by atoms with E-state index in [0.29, 0.717) is 42.1 Å². The number of ether oxygens (including phenoxy) is 6. The molecule has 0 amide bonds. The van der Waals surface area contributed by atoms with Crippen molar-refractivity contribution in [1.29, 1.82) is 0 Å². The highest BCUT2D eigenvalue weighted by molar-refractivity contribution is 5.27. The van der Waals surface area contributed by atoms with Crippen LogP contribution in [0.2, 0.25) is 0 Å². The van der Waals surface area contributed by atoms with Crippen LogP contribution in [0.15, 0.2) is 11.6 Å². The summed E-state index contributed by atoms with van der Waals surface area (Å²) < 4.78 is 36.8. The van der Waals surface area contributed by atoms with Gasteiger partial charge in [0.1, 0.15) is 67.1 Å². The molecule has 0 radical (unpaired) electrons. The van der Waals surface area contributed by atoms with Crippen molar-refractivity contribution in [3.63, 3.8) is 0 Å². The molecular weight excluding hydrogens is 794 g/mol. The maximum Gasteiger partial charge on any atom is 0.187 e. The summed E-state index contributed by atoms with van der Waals surface area (Å²) in [5.74, 6) is 4.15. The summed E-state index contributed by atoms with van der Waals surface area (Å²) in [4.78, 5) is 2.94. The SMILES string of the molecule is C[C@H]1CC[C@@H]2[C@@H](C)[C@H]3[C@H](C[C@H]4[C@@H]5CC=C6CC(O[C@@H]7O[C@H](CO)[C@@H](O)[C@H](O[C@@H]8O[C@H](CO)[C@@H](O)[C@H](O)[C@H]8O)[C@@H]7O[C@@H]7O[C@@H](C)[C@H](O)[C@@H](O)[C@H]7O)CC[C@]6(C)[C@H]5CC[C@]34C)N2C1. The molecule has 0 aromatic heterocycles. The lowest BCUT2D eigenvalue weighted by Crippen LogP contribution is -2.67. The molecule has 0 spiro atoms. The summed E-state index contributed by atoms with van der Waals surface area (Å²) in [7, 11) is 0. The number of fused-ring (bicyclic) bond motifs is 9. The Balaban J connectivity index is 0.952. The molecule has 4 aliphatic carbocycles. The lowest BCUT2D eigenvalue weighted by Gasteiger charge is -2.58. The highest BCUT2D eigenvalue weighted by Gasteiger charge is 2.66. The van der Waals surface area contributed by atoms with Gasteiger partial charge < -0.3 is 74.4 Å². The molecule has 9 aliphatic rings. The second-order valence-corrected chi connectivity index (χ2v) is 21.2. The van der Waals surface area contributed by atoms with E-state index >= 15 is 0 Å². The molecule has 61 heavy (non-hydrogen) atoms. The Hall–Kier alpha value is -0.900. The van der Waals surface area contributed by atoms with Gasteiger partial charge in [0.2, 0.25) is 0 Å². The van der Waals surface area contributed by atoms with E-state index in [0.717, 1.165) is 36.6 Å². The summed E-state index contributed by atoms with van der Waals surface area (Å²) in [5, 5.41) is 95.8. The minimum absolute atomic E-state index is 0.00462. The van der Waals surface area contributed by atoms with E-state index in [-0.39, 0.29) is 11.5 Å². The van der Waals surface area contributed by atoms with E-state index in [1.54, 1.807) is 0 Å². The summed E-state index contributed by atoms with van der Waals surface area (Å²) in [5.41, 5.74) is 1.72. The van der Waals surface area contributed by atoms with Crippen LogP contribution >= 0.6 is 0 Å². The maximum atomic E-state index is 11.6. The molecule has 26 atom stereocenters. The number of aliphatic hydroxyl groups excluding tert-OH is 9. The van der Waals surface area contributed by atoms with Gasteiger partial charge in [0.05, 0.1) is 25.4 Å². The Kier molecular flexibility index (Phi) is 12.7. The van der Waals surface area contributed by atoms with E-state index in [1.807, 2.05) is 0 Å². The van der Waals surface area contributed by atoms with E-state index in [2.05, 4.69) is 38.7 Å². The Bertz CT molecular complexity index is 1590. The molecule has 3 saturated carbocycles. The molecular formula is C45H73NO15. The van der Waals surface area contributed by atoms with Crippen molar-refractivity contribution in [2.75, 3.05) is 19.8 Å². The monoisotopic (exact) mass is 867 g/mol. The Morgan fingerprint density at radius 1 is 0.672 bits per heavy atom. The predicted molar refractivity (Wildman–Crippen MR) is 215 cm³/mol. The van der Waals surface area contributed by atoms with Crippen LogP contribution in [0.25, 0.3) is 0 Å². The van der Waals surface area contributed by atoms with Gasteiger partial charge in [-0.2, -0.15) is 0 Å². The lowest BCUT2D eigenvalue weighted by atomic mass is 9.47. The fourth-order valence-electron chi connectivity index (χ4n) is 14.7. The zero-order valence-electron chi connectivity index (χ0n) is 36.3. The minimum atomic E-state index is -1.83. The van der Waals surface area contributed by atoms with Gasteiger partial charge in [-0.25, -0.2) is 0 Å². The Labute approximate surface area is 359 Å². The molecule has 0 aromatic rings. The molecule has 1 unspecified atom stereocenters. The Morgan fingerprint density at radius 3 is 2.05 bits per heavy atom. The summed E-state index contributed by atoms with van der Waals surface area (Å²) in [6.07, 6.45) is -11.1. The van der Waals surface area contributed by atoms with Crippen molar-refractivity contribution < 1.29 is 74.4 Å². The molecule has 16 nitrogen and oxygen atoms in total. The second kappa shape index (κ2) is 17.1. The van der Waals surface area contributed by atoms with Crippen LogP contribution in [-0.2, 0) is 28.4 Å². The van der Waals surface area contributed by atoms with Gasteiger partial charge in [0.15, 0.2) is 18.9 Å². The number of allylic oxidation sites excluding steroid dienone is 1. The van der Waals surface area contributed by atoms with Crippen molar-refractivity contribution in [3.05, 3.63) is 11.6 Å². The first-order valence-electron chi connectivity index (χ1n) is 23.4. The lowest BCUT2D eigenvalue weighted by molar-refractivity contribution is -0.394. The van der Waals surface area contributed by atoms with Gasteiger partial charge in [-0.1, -0.05) is 39.3 Å². The number of aliphatic hydroxyl groups is 9. The molecule has 0 bridgehead atoms. The summed E-state index contributed by atoms with van der Waals surface area (Å²) in [6.45, 7) is 11.4. The fraction of sp³-hybridized carbons (Fsp3) is 0.956. The topological polar surface area (TPSA) is 241 Å². The number of hydrogen-bond acceptors (Lipinski definition) is 16. The molecule has 9 rings (SSSR count). The van der Waals surface area contributed by atoms with Crippen LogP contribution < -0.4 is 0 Å². The predicted octanol–water partition coefficient (Wildman–Crippen LogP) is 0.155. The maximum absolute atomic E-state index is 11.6. The van der Waals surface area contributed by atoms with Gasteiger partial charge in [-0.15, -0.1) is 0 Å². The fourth-order valence-corrected chi connectivity index (χ4v) is 14.7. The third-order valence-electron chi connectivity index (χ3n) is 18.0. The van der Waals surface area contributed by atoms with Crippen molar-refractivity contribution in [2.45, 2.75) is 203 Å². The highest BCUT2D eigenvalue weighted by Crippen LogP contribution is 2.70. The molecule has 5 aliphatic heterocycles. The highest BCUT2D eigenvalue weighted by atomic mass is 16.8. The van der Waals surface area contributed by atoms with Crippen LogP contribution in [0, 0.1) is 46.3 Å². The molecule has 8 fully saturated rings. The van der Waals surface area contributed by atoms with E-state index < -0.39 is 105 Å². The first-order chi connectivity index (χ1) is 29.0. The number of nitrogens with zero attached hydrogens (tertiary/aromatic N) is 1. The third-order valence-corrected chi connectivity index (χ3v) is 18.0. The van der Waals surface area contributed by atoms with Crippen LogP contribution in [0.3, 0.4) is 0 Å². The first-order valence-corrected chi connectivity index (χ1v) is 23.4. The molecule has 348 valence electrons. The van der Waals surface area contributed by atoms with Crippen molar-refractivity contribution in [3.8, 4) is 0 Å². The molecule has 5 heterocycles. The second-order valence-electron chi connectivity index (χ2n) is 21.2. The summed E-state index contributed by atoms with van der Waals surface area (Å²) in [6, 6.07) is 1.43. The molecule has 9 N–H and O–H groups in total. The molecule has 0 aromatic carbocycles. The standard InChI is InChI=1S/C45H73NO15/c1-19-6-9-27-20(2)31-28(46(27)16-19)15-26-24-8-7-22-14-23(10-12-44(22,4)25(24)11-13-45(26,31)5)57-43-40(61-41-37(54)35(52)32(49)21(3)56-41)39(34(51)30(18-48)59-43)60-42-38(55)36(53)33(50)29(17-47)58-42/h7,19-21,23-43,47-55H,6,8-18H2,1-5H3/t19-,20+,21-,23?,24+,25-,26-,27+,28-,29+,30+,31-,32-,33+,34+,35+,36-,37+,38+,39-,40-,41-,42-,43+,44-,45-/m0/s1. The van der Waals surface area contributed by atoms with Gasteiger partial charge in [0.25, 0.3) is 0 Å². The van der Waals surface area contributed by atoms with Gasteiger partial charge >= 0.3 is 0 Å². The molecule has 5 saturated heterocycles. The van der Waals surface area contributed by atoms with E-state index in [9.17, 15) is 46.0 Å². The number of rotatable bonds is 8. The number of piperidine rings is 1. The van der Waals surface area contributed by atoms with Gasteiger partial charge in [0, 0.05) is 18.6 Å². The van der Waals surface area contributed by atoms with Crippen LogP contribution in [-0.4, -0.2) is 181 Å². The largest absolute Gasteiger partial charge is 0.394 e. The van der Waals surface area contributed by atoms with Gasteiger partial charge in [-0.05, 0) is 111 Å². The normalized spacial score (nSPS) is 57.3. The minimum Gasteiger partial charge on any atom is -0.394 e. The van der Waals surface area contributed by atoms with Crippen molar-refractivity contribution in [2.24, 2.45) is 46.3 Å². The van der Waals surface area contributed by atoms with Crippen molar-refractivity contribution >= 4 is 0 Å². The van der Waals surface area contributed by atoms with Crippen LogP contribution in [0.1, 0.15) is 92.4 Å². The van der Waals surface area contributed by atoms with Crippen LogP contribution in [0.4, 0.5) is 0 Å².